The van der Waals surface area contributed by atoms with E-state index in [1.807, 2.05) is 0 Å². The Hall–Kier alpha value is -5.55. The summed E-state index contributed by atoms with van der Waals surface area (Å²) in [6.45, 7) is 5.53. The van der Waals surface area contributed by atoms with Crippen LogP contribution in [0.3, 0.4) is 0 Å². The highest BCUT2D eigenvalue weighted by molar-refractivity contribution is 6.42. The number of hydrogen-bond donors (Lipinski definition) is 0. The topological polar surface area (TPSA) is 164 Å². The van der Waals surface area contributed by atoms with Gasteiger partial charge in [0.05, 0.1) is 64.3 Å². The van der Waals surface area contributed by atoms with Crippen LogP contribution in [0.25, 0.3) is 11.6 Å². The van der Waals surface area contributed by atoms with Crippen molar-refractivity contribution in [2.75, 3.05) is 66.1 Å². The molecule has 0 amide bonds. The molecule has 0 N–H and O–H groups in total. The van der Waals surface area contributed by atoms with Gasteiger partial charge in [0.2, 0.25) is 0 Å². The van der Waals surface area contributed by atoms with Crippen LogP contribution < -0.4 is 9.47 Å². The third kappa shape index (κ3) is 10.5. The summed E-state index contributed by atoms with van der Waals surface area (Å²) in [5.41, 5.74) is -0.0223. The molecule has 0 saturated heterocycles. The molecule has 1 aromatic heterocycles. The molecule has 0 aliphatic carbocycles. The second-order valence-electron chi connectivity index (χ2n) is 10.4. The molecule has 0 bridgehead atoms. The largest absolute Gasteiger partial charge is 0.678 e. The predicted octanol–water partition coefficient (Wildman–Crippen LogP) is 4.33. The van der Waals surface area contributed by atoms with Gasteiger partial charge in [0, 0.05) is 17.0 Å². The third-order valence-corrected chi connectivity index (χ3v) is 7.08. The third-order valence-electron chi connectivity index (χ3n) is 7.08. The zero-order valence-corrected chi connectivity index (χ0v) is 28.1. The van der Waals surface area contributed by atoms with Gasteiger partial charge in [-0.2, -0.15) is 10.5 Å². The van der Waals surface area contributed by atoms with Crippen LogP contribution in [0.1, 0.15) is 30.8 Å². The van der Waals surface area contributed by atoms with Crippen LogP contribution in [0.5, 0.6) is 11.5 Å². The molecule has 0 unspecified atom stereocenters. The van der Waals surface area contributed by atoms with Crippen molar-refractivity contribution in [1.82, 2.24) is 4.48 Å². The molecule has 2 aliphatic heterocycles. The molecule has 16 heteroatoms. The fraction of sp³-hybridized carbons (Fsp3) is 0.343. The Morgan fingerprint density at radius 3 is 1.96 bits per heavy atom. The lowest BCUT2D eigenvalue weighted by Crippen LogP contribution is -2.18. The smallest absolute Gasteiger partial charge is 0.487 e. The first-order valence-electron chi connectivity index (χ1n) is 16.0. The lowest BCUT2D eigenvalue weighted by atomic mass is 9.98. The minimum absolute atomic E-state index is 0.0162. The van der Waals surface area contributed by atoms with E-state index in [9.17, 15) is 28.7 Å². The van der Waals surface area contributed by atoms with Gasteiger partial charge in [0.15, 0.2) is 11.5 Å². The maximum absolute atomic E-state index is 14.9. The number of esters is 2. The highest BCUT2D eigenvalue weighted by Crippen LogP contribution is 2.38. The second-order valence-corrected chi connectivity index (χ2v) is 10.4. The van der Waals surface area contributed by atoms with Crippen LogP contribution >= 0.6 is 0 Å². The number of aliphatic imine (C=N–C) groups is 1. The van der Waals surface area contributed by atoms with Gasteiger partial charge in [-0.05, 0) is 68.0 Å². The van der Waals surface area contributed by atoms with Gasteiger partial charge in [-0.3, -0.25) is 8.63 Å². The first kappa shape index (κ1) is 38.3. The molecule has 2 aromatic rings. The van der Waals surface area contributed by atoms with Crippen molar-refractivity contribution in [3.8, 4) is 23.6 Å². The molecule has 0 atom stereocenters. The zero-order valence-electron chi connectivity index (χ0n) is 28.1. The van der Waals surface area contributed by atoms with E-state index >= 15 is 0 Å². The Morgan fingerprint density at radius 2 is 1.39 bits per heavy atom. The average Bonchev–Trinajstić information content (AvgIpc) is 3.75. The van der Waals surface area contributed by atoms with Crippen molar-refractivity contribution in [2.24, 2.45) is 4.99 Å². The Balaban J connectivity index is 1.89. The number of fused-ring (bicyclic) bond motifs is 1. The highest BCUT2D eigenvalue weighted by Gasteiger charge is 2.28. The Morgan fingerprint density at radius 1 is 0.824 bits per heavy atom. The maximum atomic E-state index is 14.9. The van der Waals surface area contributed by atoms with Gasteiger partial charge in [-0.25, -0.2) is 14.6 Å². The molecule has 0 fully saturated rings. The lowest BCUT2D eigenvalue weighted by Gasteiger charge is -2.18. The van der Waals surface area contributed by atoms with Crippen molar-refractivity contribution < 1.29 is 51.4 Å². The normalized spacial score (nSPS) is 16.9. The second kappa shape index (κ2) is 19.6. The minimum atomic E-state index is -3.14. The lowest BCUT2D eigenvalue weighted by molar-refractivity contribution is -0.138. The van der Waals surface area contributed by atoms with Crippen LogP contribution in [0.2, 0.25) is 0 Å². The molecule has 3 heterocycles. The van der Waals surface area contributed by atoms with Crippen molar-refractivity contribution in [3.63, 3.8) is 0 Å². The summed E-state index contributed by atoms with van der Waals surface area (Å²) < 4.78 is 68.9. The van der Waals surface area contributed by atoms with Crippen LogP contribution in [-0.2, 0) is 33.3 Å². The standard InChI is InChI=1S/C35H35BF2N4O9/c1-3-48-34(43)25(22-39)19-27-6-8-29(41-27)33(30-9-7-28(42(30)36(37)38)20-26(23-40)35(44)49-4-2)24-5-10-31-32(21-24)51-18-16-47-14-12-45-11-13-46-15-17-50-31/h5-10,19-21H,3-4,11-18H2,1-2H3/b25-19+,26-20+,33-29-. The molecule has 0 radical (unpaired) electrons. The highest BCUT2D eigenvalue weighted by atomic mass is 19.2. The zero-order chi connectivity index (χ0) is 36.6. The van der Waals surface area contributed by atoms with Crippen molar-refractivity contribution in [2.45, 2.75) is 13.8 Å². The van der Waals surface area contributed by atoms with Gasteiger partial charge >= 0.3 is 19.3 Å². The van der Waals surface area contributed by atoms with Gasteiger partial charge < -0.3 is 37.6 Å². The number of hydrogen-bond acceptors (Lipinski definition) is 12. The summed E-state index contributed by atoms with van der Waals surface area (Å²) in [5, 5.41) is 19.1. The molecule has 2 aliphatic rings. The molecular weight excluding hydrogens is 669 g/mol. The molecule has 0 saturated carbocycles. The fourth-order valence-electron chi connectivity index (χ4n) is 4.87. The molecule has 266 valence electrons. The molecular formula is C35H35BF2N4O9. The van der Waals surface area contributed by atoms with Crippen molar-refractivity contribution >= 4 is 36.7 Å². The number of carbonyl (C=O) groups excluding carboxylic acids is 2. The molecule has 51 heavy (non-hydrogen) atoms. The number of rotatable bonds is 9. The summed E-state index contributed by atoms with van der Waals surface area (Å²) in [7, 11) is -3.14. The number of carbonyl (C=O) groups is 2. The summed E-state index contributed by atoms with van der Waals surface area (Å²) >= 11 is 0. The van der Waals surface area contributed by atoms with Gasteiger partial charge in [-0.15, -0.1) is 0 Å². The predicted molar refractivity (Wildman–Crippen MR) is 181 cm³/mol. The van der Waals surface area contributed by atoms with Crippen LogP contribution in [-0.4, -0.2) is 95.6 Å². The number of benzene rings is 1. The van der Waals surface area contributed by atoms with Gasteiger partial charge in [0.25, 0.3) is 0 Å². The van der Waals surface area contributed by atoms with Crippen molar-refractivity contribution in [3.05, 3.63) is 82.4 Å². The summed E-state index contributed by atoms with van der Waals surface area (Å²) in [4.78, 5) is 29.2. The number of nitriles is 2. The van der Waals surface area contributed by atoms with E-state index in [4.69, 9.17) is 33.2 Å². The van der Waals surface area contributed by atoms with E-state index in [2.05, 4.69) is 4.99 Å². The molecule has 4 rings (SSSR count). The SMILES string of the molecule is CCOC(=O)/C(C#N)=C/C1=NC(=C(/c2ccc3c(c2)OCCOCCOCCOCCO3)c2ccc(/C=C(\C#N)C(=O)OCC)n2B(F)F)/C=C1. The molecule has 1 aromatic carbocycles. The fourth-order valence-corrected chi connectivity index (χ4v) is 4.87. The van der Waals surface area contributed by atoms with E-state index in [-0.39, 0.29) is 79.3 Å². The average molecular weight is 704 g/mol. The maximum Gasteiger partial charge on any atom is 0.678 e. The molecule has 13 nitrogen and oxygen atoms in total. The number of nitrogens with zero attached hydrogens (tertiary/aromatic N) is 4. The Labute approximate surface area is 293 Å². The number of allylic oxidation sites excluding steroid dienone is 3. The first-order chi connectivity index (χ1) is 24.8. The quantitative estimate of drug-likeness (QED) is 0.158. The van der Waals surface area contributed by atoms with E-state index in [1.165, 1.54) is 24.3 Å². The molecule has 0 spiro atoms. The monoisotopic (exact) mass is 704 g/mol. The van der Waals surface area contributed by atoms with E-state index in [1.54, 1.807) is 50.3 Å². The summed E-state index contributed by atoms with van der Waals surface area (Å²) in [6, 6.07) is 11.1. The number of ether oxygens (including phenoxy) is 7. The van der Waals surface area contributed by atoms with E-state index in [0.29, 0.717) is 42.2 Å². The summed E-state index contributed by atoms with van der Waals surface area (Å²) in [6.07, 6.45) is 5.30. The van der Waals surface area contributed by atoms with E-state index in [0.717, 1.165) is 6.08 Å². The Bertz CT molecular complexity index is 1820. The number of aromatic nitrogens is 1. The first-order valence-corrected chi connectivity index (χ1v) is 16.0. The van der Waals surface area contributed by atoms with Crippen LogP contribution in [0.15, 0.2) is 70.4 Å². The van der Waals surface area contributed by atoms with Crippen LogP contribution in [0.4, 0.5) is 8.63 Å². The van der Waals surface area contributed by atoms with Crippen LogP contribution in [0, 0.1) is 22.7 Å². The van der Waals surface area contributed by atoms with Gasteiger partial charge in [0.1, 0.15) is 36.5 Å². The van der Waals surface area contributed by atoms with E-state index < -0.39 is 24.9 Å². The van der Waals surface area contributed by atoms with Gasteiger partial charge in [-0.1, -0.05) is 6.07 Å². The minimum Gasteiger partial charge on any atom is -0.487 e. The Kier molecular flexibility index (Phi) is 14.7. The number of halogens is 2. The summed E-state index contributed by atoms with van der Waals surface area (Å²) in [5.74, 6) is -1.16. The van der Waals surface area contributed by atoms with Crippen molar-refractivity contribution in [1.29, 1.82) is 10.5 Å².